The fourth-order valence-corrected chi connectivity index (χ4v) is 4.40. The average Bonchev–Trinajstić information content (AvgIpc) is 3.37. The second-order valence-corrected chi connectivity index (χ2v) is 9.56. The normalized spacial score (nSPS) is 14.2. The van der Waals surface area contributed by atoms with Crippen molar-refractivity contribution < 1.29 is 9.59 Å². The van der Waals surface area contributed by atoms with Gasteiger partial charge >= 0.3 is 0 Å². The van der Waals surface area contributed by atoms with Gasteiger partial charge in [-0.2, -0.15) is 5.10 Å². The lowest BCUT2D eigenvalue weighted by molar-refractivity contribution is -0.129. The molecule has 2 N–H and O–H groups in total. The Morgan fingerprint density at radius 2 is 1.65 bits per heavy atom. The number of nitrogens with two attached hydrogens (primary N) is 1. The smallest absolute Gasteiger partial charge is 0.255 e. The minimum Gasteiger partial charge on any atom is -0.382 e. The maximum absolute atomic E-state index is 13.2. The highest BCUT2D eigenvalue weighted by Crippen LogP contribution is 2.32. The largest absolute Gasteiger partial charge is 0.382 e. The van der Waals surface area contributed by atoms with E-state index in [0.29, 0.717) is 30.0 Å². The fourth-order valence-electron chi connectivity index (χ4n) is 4.40. The predicted molar refractivity (Wildman–Crippen MR) is 143 cm³/mol. The molecule has 0 saturated carbocycles. The van der Waals surface area contributed by atoms with Gasteiger partial charge in [-0.25, -0.2) is 4.98 Å². The summed E-state index contributed by atoms with van der Waals surface area (Å²) in [5, 5.41) is 5.10. The van der Waals surface area contributed by atoms with Crippen molar-refractivity contribution in [2.75, 3.05) is 53.1 Å². The van der Waals surface area contributed by atoms with E-state index in [2.05, 4.69) is 27.0 Å². The summed E-state index contributed by atoms with van der Waals surface area (Å²) in [7, 11) is 5.51. The molecule has 0 bridgehead atoms. The Morgan fingerprint density at radius 1 is 0.946 bits per heavy atom. The fraction of sp³-hybridized carbons (Fsp3) is 0.296. The monoisotopic (exact) mass is 498 g/mol. The number of anilines is 1. The van der Waals surface area contributed by atoms with E-state index in [9.17, 15) is 9.59 Å². The van der Waals surface area contributed by atoms with Crippen molar-refractivity contribution in [3.8, 4) is 22.3 Å². The Bertz CT molecular complexity index is 1450. The number of hydrogen-bond acceptors (Lipinski definition) is 7. The molecule has 1 saturated heterocycles. The topological polar surface area (TPSA) is 113 Å². The van der Waals surface area contributed by atoms with Crippen LogP contribution in [0.2, 0.25) is 0 Å². The van der Waals surface area contributed by atoms with Gasteiger partial charge in [0, 0.05) is 75.4 Å². The molecule has 1 aliphatic rings. The van der Waals surface area contributed by atoms with E-state index in [1.807, 2.05) is 41.4 Å². The molecule has 0 aliphatic carbocycles. The summed E-state index contributed by atoms with van der Waals surface area (Å²) >= 11 is 0. The summed E-state index contributed by atoms with van der Waals surface area (Å²) in [6.45, 7) is 3.29. The molecule has 4 heterocycles. The zero-order valence-corrected chi connectivity index (χ0v) is 21.3. The highest BCUT2D eigenvalue weighted by atomic mass is 16.2. The van der Waals surface area contributed by atoms with Crippen LogP contribution in [0.5, 0.6) is 0 Å². The number of nitrogens with zero attached hydrogens (tertiary/aromatic N) is 7. The molecule has 0 atom stereocenters. The van der Waals surface area contributed by atoms with Gasteiger partial charge in [-0.05, 0) is 24.2 Å². The highest BCUT2D eigenvalue weighted by molar-refractivity contribution is 6.04. The van der Waals surface area contributed by atoms with Gasteiger partial charge in [-0.1, -0.05) is 24.3 Å². The van der Waals surface area contributed by atoms with Gasteiger partial charge < -0.3 is 20.4 Å². The van der Waals surface area contributed by atoms with E-state index in [4.69, 9.17) is 5.73 Å². The molecule has 10 heteroatoms. The van der Waals surface area contributed by atoms with E-state index in [1.54, 1.807) is 42.3 Å². The molecule has 0 unspecified atom stereocenters. The molecule has 37 heavy (non-hydrogen) atoms. The molecule has 0 radical (unpaired) electrons. The van der Waals surface area contributed by atoms with Gasteiger partial charge in [0.15, 0.2) is 0 Å². The molecule has 0 spiro atoms. The minimum absolute atomic E-state index is 0.0215. The van der Waals surface area contributed by atoms with Gasteiger partial charge in [-0.3, -0.25) is 19.3 Å². The number of nitrogen functional groups attached to an aromatic ring is 1. The Balaban J connectivity index is 1.43. The first kappa shape index (κ1) is 24.4. The first-order valence-corrected chi connectivity index (χ1v) is 12.2. The van der Waals surface area contributed by atoms with Gasteiger partial charge in [0.25, 0.3) is 5.91 Å². The molecular weight excluding hydrogens is 468 g/mol. The van der Waals surface area contributed by atoms with E-state index in [0.717, 1.165) is 40.7 Å². The Morgan fingerprint density at radius 3 is 2.35 bits per heavy atom. The first-order valence-electron chi connectivity index (χ1n) is 12.2. The van der Waals surface area contributed by atoms with Crippen molar-refractivity contribution in [3.63, 3.8) is 0 Å². The molecular formula is C27H30N8O2. The summed E-state index contributed by atoms with van der Waals surface area (Å²) < 4.78 is 1.63. The number of amides is 2. The molecule has 1 aliphatic heterocycles. The van der Waals surface area contributed by atoms with Gasteiger partial charge in [-0.15, -0.1) is 0 Å². The lowest BCUT2D eigenvalue weighted by atomic mass is 9.99. The number of piperazine rings is 1. The van der Waals surface area contributed by atoms with Crippen LogP contribution in [-0.4, -0.2) is 93.6 Å². The molecule has 3 aromatic heterocycles. The number of hydrogen-bond donors (Lipinski definition) is 1. The van der Waals surface area contributed by atoms with Crippen molar-refractivity contribution in [1.82, 2.24) is 34.4 Å². The summed E-state index contributed by atoms with van der Waals surface area (Å²) in [5.41, 5.74) is 10.9. The molecule has 10 nitrogen and oxygen atoms in total. The molecule has 190 valence electrons. The number of benzene rings is 1. The van der Waals surface area contributed by atoms with Crippen LogP contribution < -0.4 is 5.73 Å². The second kappa shape index (κ2) is 9.98. The van der Waals surface area contributed by atoms with Crippen molar-refractivity contribution in [2.45, 2.75) is 6.54 Å². The average molecular weight is 499 g/mol. The Labute approximate surface area is 215 Å². The minimum atomic E-state index is -0.0241. The maximum Gasteiger partial charge on any atom is 0.255 e. The van der Waals surface area contributed by atoms with E-state index < -0.39 is 0 Å². The number of carbonyl (C=O) groups is 2. The van der Waals surface area contributed by atoms with Crippen molar-refractivity contribution >= 4 is 28.5 Å². The molecule has 1 fully saturated rings. The molecule has 5 rings (SSSR count). The number of carbonyl (C=O) groups excluding carboxylic acids is 2. The quantitative estimate of drug-likeness (QED) is 0.449. The second-order valence-electron chi connectivity index (χ2n) is 9.56. The SMILES string of the molecule is CN1CCN(C(=O)c2cnc3c(N)ncc(-c4ccc(-c5cnn(CC(=O)N(C)C)c5)cc4)c3c2)CC1. The number of aromatic nitrogens is 4. The van der Waals surface area contributed by atoms with Crippen molar-refractivity contribution in [1.29, 1.82) is 0 Å². The molecule has 4 aromatic rings. The van der Waals surface area contributed by atoms with Crippen LogP contribution in [0.3, 0.4) is 0 Å². The van der Waals surface area contributed by atoms with Crippen LogP contribution >= 0.6 is 0 Å². The van der Waals surface area contributed by atoms with Gasteiger partial charge in [0.1, 0.15) is 17.9 Å². The lowest BCUT2D eigenvalue weighted by Gasteiger charge is -2.32. The van der Waals surface area contributed by atoms with Crippen LogP contribution in [0.4, 0.5) is 5.82 Å². The van der Waals surface area contributed by atoms with Crippen LogP contribution in [0.1, 0.15) is 10.4 Å². The first-order chi connectivity index (χ1) is 17.8. The van der Waals surface area contributed by atoms with E-state index in [-0.39, 0.29) is 18.4 Å². The number of fused-ring (bicyclic) bond motifs is 1. The van der Waals surface area contributed by atoms with Crippen LogP contribution in [0.25, 0.3) is 33.2 Å². The third kappa shape index (κ3) is 5.01. The summed E-state index contributed by atoms with van der Waals surface area (Å²) in [5.74, 6) is 0.282. The van der Waals surface area contributed by atoms with Crippen LogP contribution in [-0.2, 0) is 11.3 Å². The van der Waals surface area contributed by atoms with Crippen molar-refractivity contribution in [2.24, 2.45) is 0 Å². The highest BCUT2D eigenvalue weighted by Gasteiger charge is 2.22. The molecule has 1 aromatic carbocycles. The van der Waals surface area contributed by atoms with E-state index in [1.165, 1.54) is 0 Å². The van der Waals surface area contributed by atoms with Crippen LogP contribution in [0, 0.1) is 0 Å². The van der Waals surface area contributed by atoms with E-state index >= 15 is 0 Å². The number of rotatable bonds is 5. The van der Waals surface area contributed by atoms with Crippen molar-refractivity contribution in [3.05, 3.63) is 60.7 Å². The summed E-state index contributed by atoms with van der Waals surface area (Å²) in [4.78, 5) is 39.6. The summed E-state index contributed by atoms with van der Waals surface area (Å²) in [6.07, 6.45) is 6.92. The van der Waals surface area contributed by atoms with Crippen LogP contribution in [0.15, 0.2) is 55.1 Å². The zero-order chi connectivity index (χ0) is 26.1. The Kier molecular flexibility index (Phi) is 6.58. The third-order valence-electron chi connectivity index (χ3n) is 6.75. The number of pyridine rings is 2. The lowest BCUT2D eigenvalue weighted by Crippen LogP contribution is -2.47. The Hall–Kier alpha value is -4.31. The predicted octanol–water partition coefficient (Wildman–Crippen LogP) is 2.22. The maximum atomic E-state index is 13.2. The standard InChI is InChI=1S/C27H30N8O2/c1-32(2)24(36)17-35-16-21(14-31-35)18-4-6-19(7-5-18)23-15-30-26(28)25-22(23)12-20(13-29-25)27(37)34-10-8-33(3)9-11-34/h4-7,12-16H,8-11,17H2,1-3H3,(H2,28,30). The van der Waals surface area contributed by atoms with Gasteiger partial charge in [0.2, 0.25) is 5.91 Å². The summed E-state index contributed by atoms with van der Waals surface area (Å²) in [6, 6.07) is 9.87. The van der Waals surface area contributed by atoms with Gasteiger partial charge in [0.05, 0.1) is 11.8 Å². The molecule has 2 amide bonds. The zero-order valence-electron chi connectivity index (χ0n) is 21.3. The third-order valence-corrected chi connectivity index (χ3v) is 6.75. The number of likely N-dealkylation sites (N-methyl/N-ethyl adjacent to an activating group) is 2.